The molecule has 0 aliphatic carbocycles. The van der Waals surface area contributed by atoms with Crippen molar-refractivity contribution in [3.63, 3.8) is 0 Å². The summed E-state index contributed by atoms with van der Waals surface area (Å²) in [6.07, 6.45) is 0.846. The van der Waals surface area contributed by atoms with E-state index in [1.165, 1.54) is 22.5 Å². The molecule has 0 saturated heterocycles. The molecule has 6 heteroatoms. The quantitative estimate of drug-likeness (QED) is 0.448. The maximum Gasteiger partial charge on any atom is 0.321 e. The third kappa shape index (κ3) is 4.95. The summed E-state index contributed by atoms with van der Waals surface area (Å²) in [7, 11) is 0. The Morgan fingerprint density at radius 3 is 2.48 bits per heavy atom. The number of urea groups is 1. The van der Waals surface area contributed by atoms with E-state index in [0.29, 0.717) is 5.13 Å². The molecule has 0 unspecified atom stereocenters. The van der Waals surface area contributed by atoms with Crippen molar-refractivity contribution in [2.24, 2.45) is 0 Å². The average molecular weight is 409 g/mol. The van der Waals surface area contributed by atoms with E-state index < -0.39 is 0 Å². The second-order valence-electron chi connectivity index (χ2n) is 7.89. The molecule has 2 amide bonds. The minimum Gasteiger partial charge on any atom is -0.355 e. The molecule has 29 heavy (non-hydrogen) atoms. The summed E-state index contributed by atoms with van der Waals surface area (Å²) in [4.78, 5) is 16.7. The predicted molar refractivity (Wildman–Crippen MR) is 125 cm³/mol. The second kappa shape index (κ2) is 8.25. The van der Waals surface area contributed by atoms with Crippen LogP contribution in [0.5, 0.6) is 0 Å². The number of aryl methyl sites for hydroxylation is 2. The Morgan fingerprint density at radius 1 is 1.14 bits per heavy atom. The minimum absolute atomic E-state index is 0.239. The molecule has 2 aromatic carbocycles. The van der Waals surface area contributed by atoms with Gasteiger partial charge in [0.05, 0.1) is 10.2 Å². The van der Waals surface area contributed by atoms with Gasteiger partial charge in [-0.15, -0.1) is 0 Å². The molecule has 0 atom stereocenters. The lowest BCUT2D eigenvalue weighted by molar-refractivity contribution is 0.240. The van der Waals surface area contributed by atoms with Gasteiger partial charge in [0, 0.05) is 16.9 Å². The number of rotatable bonds is 6. The number of aromatic nitrogens is 1. The number of nitrogens with zero attached hydrogens (tertiary/aromatic N) is 1. The average Bonchev–Trinajstić information content (AvgIpc) is 3.05. The Balaban J connectivity index is 1.77. The number of thiazole rings is 1. The number of benzene rings is 2. The summed E-state index contributed by atoms with van der Waals surface area (Å²) in [6, 6.07) is 12.0. The molecule has 0 saturated carbocycles. The van der Waals surface area contributed by atoms with Gasteiger partial charge in [-0.2, -0.15) is 0 Å². The lowest BCUT2D eigenvalue weighted by Crippen LogP contribution is -2.44. The molecule has 5 nitrogen and oxygen atoms in total. The van der Waals surface area contributed by atoms with Crippen molar-refractivity contribution in [3.05, 3.63) is 59.7 Å². The fourth-order valence-electron chi connectivity index (χ4n) is 2.92. The van der Waals surface area contributed by atoms with Crippen LogP contribution in [-0.2, 0) is 0 Å². The SMILES string of the molecule is C=C(Nc1c(C)cccc1C)c1ccc2nc(NC(=O)NC(C)(C)CC)sc2c1. The lowest BCUT2D eigenvalue weighted by Gasteiger charge is -2.24. The zero-order valence-electron chi connectivity index (χ0n) is 17.6. The summed E-state index contributed by atoms with van der Waals surface area (Å²) in [5.74, 6) is 0. The molecule has 1 aromatic heterocycles. The van der Waals surface area contributed by atoms with E-state index in [1.54, 1.807) is 0 Å². The van der Waals surface area contributed by atoms with Crippen LogP contribution in [0.25, 0.3) is 15.9 Å². The van der Waals surface area contributed by atoms with Crippen molar-refractivity contribution in [3.8, 4) is 0 Å². The zero-order chi connectivity index (χ0) is 21.2. The molecule has 1 heterocycles. The minimum atomic E-state index is -0.259. The van der Waals surface area contributed by atoms with E-state index in [-0.39, 0.29) is 11.6 Å². The topological polar surface area (TPSA) is 66.0 Å². The Labute approximate surface area is 176 Å². The lowest BCUT2D eigenvalue weighted by atomic mass is 10.0. The number of amides is 2. The van der Waals surface area contributed by atoms with Gasteiger partial charge in [0.1, 0.15) is 0 Å². The molecule has 0 bridgehead atoms. The first-order chi connectivity index (χ1) is 13.7. The molecule has 0 aliphatic rings. The summed E-state index contributed by atoms with van der Waals surface area (Å²) < 4.78 is 0.997. The van der Waals surface area contributed by atoms with Crippen molar-refractivity contribution in [2.45, 2.75) is 46.6 Å². The molecular formula is C23H28N4OS. The largest absolute Gasteiger partial charge is 0.355 e. The normalized spacial score (nSPS) is 11.3. The van der Waals surface area contributed by atoms with Gasteiger partial charge in [-0.3, -0.25) is 5.32 Å². The van der Waals surface area contributed by atoms with E-state index in [1.807, 2.05) is 39.0 Å². The van der Waals surface area contributed by atoms with Crippen LogP contribution in [0.3, 0.4) is 0 Å². The van der Waals surface area contributed by atoms with E-state index in [2.05, 4.69) is 59.6 Å². The van der Waals surface area contributed by atoms with Gasteiger partial charge in [-0.05, 0) is 62.9 Å². The third-order valence-corrected chi connectivity index (χ3v) is 5.98. The van der Waals surface area contributed by atoms with E-state index in [9.17, 15) is 4.79 Å². The first kappa shape index (κ1) is 20.9. The van der Waals surface area contributed by atoms with Gasteiger partial charge < -0.3 is 10.6 Å². The fourth-order valence-corrected chi connectivity index (χ4v) is 3.82. The number of anilines is 2. The van der Waals surface area contributed by atoms with Crippen LogP contribution in [-0.4, -0.2) is 16.6 Å². The Morgan fingerprint density at radius 2 is 1.83 bits per heavy atom. The molecule has 3 rings (SSSR count). The predicted octanol–water partition coefficient (Wildman–Crippen LogP) is 6.31. The molecule has 152 valence electrons. The number of fused-ring (bicyclic) bond motifs is 1. The number of carbonyl (C=O) groups excluding carboxylic acids is 1. The first-order valence-corrected chi connectivity index (χ1v) is 10.5. The zero-order valence-corrected chi connectivity index (χ0v) is 18.5. The van der Waals surface area contributed by atoms with Crippen LogP contribution in [0.2, 0.25) is 0 Å². The highest BCUT2D eigenvalue weighted by atomic mass is 32.1. The standard InChI is InChI=1S/C23H28N4OS/c1-7-23(5,6)27-21(28)26-22-25-18-12-11-17(13-19(18)29-22)16(4)24-20-14(2)9-8-10-15(20)3/h8-13,24H,4,7H2,1-3,5-6H3,(H2,25,26,27,28). The van der Waals surface area contributed by atoms with Crippen LogP contribution in [0.4, 0.5) is 15.6 Å². The van der Waals surface area contributed by atoms with Crippen LogP contribution in [0, 0.1) is 13.8 Å². The van der Waals surface area contributed by atoms with Crippen molar-refractivity contribution < 1.29 is 4.79 Å². The molecule has 0 aliphatic heterocycles. The molecule has 3 N–H and O–H groups in total. The summed E-state index contributed by atoms with van der Waals surface area (Å²) >= 11 is 1.45. The summed E-state index contributed by atoms with van der Waals surface area (Å²) in [6.45, 7) is 14.4. The van der Waals surface area contributed by atoms with Crippen molar-refractivity contribution in [1.29, 1.82) is 0 Å². The third-order valence-electron chi connectivity index (χ3n) is 5.05. The summed E-state index contributed by atoms with van der Waals surface area (Å²) in [5.41, 5.74) is 5.85. The fraction of sp³-hybridized carbons (Fsp3) is 0.304. The van der Waals surface area contributed by atoms with Crippen LogP contribution < -0.4 is 16.0 Å². The Hall–Kier alpha value is -2.86. The van der Waals surface area contributed by atoms with Crippen molar-refractivity contribution in [1.82, 2.24) is 10.3 Å². The highest BCUT2D eigenvalue weighted by Gasteiger charge is 2.18. The van der Waals surface area contributed by atoms with Crippen molar-refractivity contribution >= 4 is 44.1 Å². The molecule has 3 aromatic rings. The molecule has 0 spiro atoms. The Bertz CT molecular complexity index is 1050. The van der Waals surface area contributed by atoms with E-state index in [0.717, 1.165) is 33.6 Å². The van der Waals surface area contributed by atoms with Crippen LogP contribution >= 0.6 is 11.3 Å². The van der Waals surface area contributed by atoms with Gasteiger partial charge >= 0.3 is 6.03 Å². The molecular weight excluding hydrogens is 380 g/mol. The monoisotopic (exact) mass is 408 g/mol. The van der Waals surface area contributed by atoms with E-state index >= 15 is 0 Å². The Kier molecular flexibility index (Phi) is 5.94. The number of para-hydroxylation sites is 1. The smallest absolute Gasteiger partial charge is 0.321 e. The maximum absolute atomic E-state index is 12.2. The maximum atomic E-state index is 12.2. The van der Waals surface area contributed by atoms with Gasteiger partial charge in [0.25, 0.3) is 0 Å². The van der Waals surface area contributed by atoms with E-state index in [4.69, 9.17) is 0 Å². The van der Waals surface area contributed by atoms with Crippen LogP contribution in [0.1, 0.15) is 43.9 Å². The number of hydrogen-bond acceptors (Lipinski definition) is 4. The van der Waals surface area contributed by atoms with Crippen molar-refractivity contribution in [2.75, 3.05) is 10.6 Å². The van der Waals surface area contributed by atoms with Gasteiger partial charge in [0.2, 0.25) is 0 Å². The number of hydrogen-bond donors (Lipinski definition) is 3. The first-order valence-electron chi connectivity index (χ1n) is 9.71. The summed E-state index contributed by atoms with van der Waals surface area (Å²) in [5, 5.41) is 9.82. The van der Waals surface area contributed by atoms with Gasteiger partial charge in [-0.1, -0.05) is 49.1 Å². The highest BCUT2D eigenvalue weighted by Crippen LogP contribution is 2.30. The highest BCUT2D eigenvalue weighted by molar-refractivity contribution is 7.22. The molecule has 0 radical (unpaired) electrons. The van der Waals surface area contributed by atoms with Gasteiger partial charge in [0.15, 0.2) is 5.13 Å². The second-order valence-corrected chi connectivity index (χ2v) is 8.92. The number of nitrogens with one attached hydrogen (secondary N) is 3. The molecule has 0 fully saturated rings. The van der Waals surface area contributed by atoms with Gasteiger partial charge in [-0.25, -0.2) is 9.78 Å². The number of carbonyl (C=O) groups is 1. The van der Waals surface area contributed by atoms with Crippen LogP contribution in [0.15, 0.2) is 43.0 Å².